The maximum Gasteiger partial charge on any atom is 0.186 e. The number of Topliss-reactive ketones (excluding diaryl/α,β-unsaturated/α-hetero) is 1. The van der Waals surface area contributed by atoms with Crippen molar-refractivity contribution in [3.63, 3.8) is 0 Å². The van der Waals surface area contributed by atoms with Gasteiger partial charge in [0.2, 0.25) is 0 Å². The van der Waals surface area contributed by atoms with E-state index in [-0.39, 0.29) is 11.8 Å². The summed E-state index contributed by atoms with van der Waals surface area (Å²) in [7, 11) is 1.63. The van der Waals surface area contributed by atoms with Gasteiger partial charge < -0.3 is 19.8 Å². The second-order valence-electron chi connectivity index (χ2n) is 5.82. The minimum Gasteiger partial charge on any atom is -0.489 e. The Morgan fingerprint density at radius 3 is 2.72 bits per heavy atom. The summed E-state index contributed by atoms with van der Waals surface area (Å²) in [6.45, 7) is 2.83. The first-order valence-corrected chi connectivity index (χ1v) is 8.28. The number of anilines is 1. The predicted molar refractivity (Wildman–Crippen MR) is 99.5 cm³/mol. The highest BCUT2D eigenvalue weighted by molar-refractivity contribution is 6.11. The van der Waals surface area contributed by atoms with E-state index in [0.717, 1.165) is 16.6 Å². The molecule has 0 aliphatic carbocycles. The third-order valence-corrected chi connectivity index (χ3v) is 4.05. The van der Waals surface area contributed by atoms with Gasteiger partial charge in [-0.05, 0) is 25.1 Å². The Labute approximate surface area is 147 Å². The third kappa shape index (κ3) is 3.83. The van der Waals surface area contributed by atoms with Crippen LogP contribution in [0.25, 0.3) is 10.9 Å². The van der Waals surface area contributed by atoms with Crippen molar-refractivity contribution in [2.24, 2.45) is 0 Å². The zero-order chi connectivity index (χ0) is 17.6. The Hall–Kier alpha value is -2.79. The van der Waals surface area contributed by atoms with Gasteiger partial charge in [-0.25, -0.2) is 0 Å². The van der Waals surface area contributed by atoms with Crippen molar-refractivity contribution in [2.45, 2.75) is 13.0 Å². The molecule has 130 valence electrons. The molecule has 1 unspecified atom stereocenters. The summed E-state index contributed by atoms with van der Waals surface area (Å²) < 4.78 is 10.7. The van der Waals surface area contributed by atoms with Crippen LogP contribution in [0, 0.1) is 0 Å². The summed E-state index contributed by atoms with van der Waals surface area (Å²) >= 11 is 0. The lowest BCUT2D eigenvalue weighted by Crippen LogP contribution is -2.26. The van der Waals surface area contributed by atoms with Gasteiger partial charge in [0.25, 0.3) is 0 Å². The molecule has 2 aromatic carbocycles. The summed E-state index contributed by atoms with van der Waals surface area (Å²) in [6, 6.07) is 15.0. The summed E-state index contributed by atoms with van der Waals surface area (Å²) in [6.07, 6.45) is 1.77. The number of aromatic amines is 1. The maximum atomic E-state index is 12.9. The van der Waals surface area contributed by atoms with Crippen molar-refractivity contribution in [3.05, 3.63) is 60.3 Å². The molecule has 5 nitrogen and oxygen atoms in total. The summed E-state index contributed by atoms with van der Waals surface area (Å²) in [4.78, 5) is 16.0. The number of methoxy groups -OCH3 is 1. The quantitative estimate of drug-likeness (QED) is 0.483. The number of hydrogen-bond donors (Lipinski definition) is 2. The summed E-state index contributed by atoms with van der Waals surface area (Å²) in [5.41, 5.74) is 2.44. The van der Waals surface area contributed by atoms with Gasteiger partial charge >= 0.3 is 0 Å². The van der Waals surface area contributed by atoms with E-state index in [4.69, 9.17) is 9.47 Å². The van der Waals surface area contributed by atoms with Crippen LogP contribution in [-0.2, 0) is 4.74 Å². The number of carbonyl (C=O) groups excluding carboxylic acids is 1. The Kier molecular flexibility index (Phi) is 5.36. The van der Waals surface area contributed by atoms with Gasteiger partial charge in [0.1, 0.15) is 12.4 Å². The number of benzene rings is 2. The van der Waals surface area contributed by atoms with Crippen molar-refractivity contribution in [1.82, 2.24) is 4.98 Å². The van der Waals surface area contributed by atoms with Crippen LogP contribution in [0.1, 0.15) is 17.3 Å². The molecule has 0 aliphatic heterocycles. The Morgan fingerprint density at radius 1 is 1.12 bits per heavy atom. The lowest BCUT2D eigenvalue weighted by Gasteiger charge is -2.17. The minimum atomic E-state index is -0.383. The van der Waals surface area contributed by atoms with Crippen molar-refractivity contribution in [2.75, 3.05) is 25.6 Å². The number of para-hydroxylation sites is 3. The molecule has 0 aliphatic rings. The topological polar surface area (TPSA) is 63.4 Å². The molecule has 1 aromatic heterocycles. The molecule has 3 rings (SSSR count). The van der Waals surface area contributed by atoms with Crippen LogP contribution < -0.4 is 10.1 Å². The Morgan fingerprint density at radius 2 is 1.88 bits per heavy atom. The van der Waals surface area contributed by atoms with E-state index < -0.39 is 0 Å². The van der Waals surface area contributed by atoms with Gasteiger partial charge in [0, 0.05) is 29.8 Å². The second kappa shape index (κ2) is 7.85. The molecule has 0 amide bonds. The van der Waals surface area contributed by atoms with Crippen LogP contribution in [0.4, 0.5) is 5.69 Å². The van der Waals surface area contributed by atoms with E-state index in [1.54, 1.807) is 13.3 Å². The molecular formula is C20H22N2O3. The molecule has 2 N–H and O–H groups in total. The fourth-order valence-electron chi connectivity index (χ4n) is 2.75. The van der Waals surface area contributed by atoms with E-state index in [1.165, 1.54) is 0 Å². The fourth-order valence-corrected chi connectivity index (χ4v) is 2.75. The molecular weight excluding hydrogens is 316 g/mol. The monoisotopic (exact) mass is 338 g/mol. The van der Waals surface area contributed by atoms with Crippen LogP contribution in [-0.4, -0.2) is 37.1 Å². The molecule has 3 aromatic rings. The SMILES string of the molecule is COCCOc1ccccc1NC(C)C(=O)c1c[nH]c2ccccc12. The molecule has 0 spiro atoms. The average Bonchev–Trinajstić information content (AvgIpc) is 3.06. The van der Waals surface area contributed by atoms with Crippen LogP contribution in [0.5, 0.6) is 5.75 Å². The highest BCUT2D eigenvalue weighted by atomic mass is 16.5. The number of ketones is 1. The second-order valence-corrected chi connectivity index (χ2v) is 5.82. The normalized spacial score (nSPS) is 12.1. The third-order valence-electron chi connectivity index (χ3n) is 4.05. The molecule has 0 fully saturated rings. The first-order valence-electron chi connectivity index (χ1n) is 8.28. The van der Waals surface area contributed by atoms with Gasteiger partial charge in [-0.15, -0.1) is 0 Å². The highest BCUT2D eigenvalue weighted by Gasteiger charge is 2.19. The van der Waals surface area contributed by atoms with E-state index in [2.05, 4.69) is 10.3 Å². The van der Waals surface area contributed by atoms with Crippen LogP contribution >= 0.6 is 0 Å². The van der Waals surface area contributed by atoms with Gasteiger partial charge in [0.15, 0.2) is 5.78 Å². The zero-order valence-corrected chi connectivity index (χ0v) is 14.4. The number of rotatable bonds is 8. The van der Waals surface area contributed by atoms with Crippen molar-refractivity contribution in [3.8, 4) is 5.75 Å². The molecule has 5 heteroatoms. The van der Waals surface area contributed by atoms with Crippen molar-refractivity contribution < 1.29 is 14.3 Å². The predicted octanol–water partition coefficient (Wildman–Crippen LogP) is 3.88. The number of aromatic nitrogens is 1. The number of ether oxygens (including phenoxy) is 2. The van der Waals surface area contributed by atoms with Crippen LogP contribution in [0.2, 0.25) is 0 Å². The van der Waals surface area contributed by atoms with Crippen LogP contribution in [0.15, 0.2) is 54.7 Å². The molecule has 0 saturated heterocycles. The Balaban J connectivity index is 1.76. The number of carbonyl (C=O) groups is 1. The zero-order valence-electron chi connectivity index (χ0n) is 14.4. The van der Waals surface area contributed by atoms with E-state index >= 15 is 0 Å². The minimum absolute atomic E-state index is 0.0316. The van der Waals surface area contributed by atoms with Crippen molar-refractivity contribution in [1.29, 1.82) is 0 Å². The molecule has 0 saturated carbocycles. The lowest BCUT2D eigenvalue weighted by molar-refractivity contribution is 0.0977. The van der Waals surface area contributed by atoms with E-state index in [1.807, 2.05) is 55.5 Å². The molecule has 25 heavy (non-hydrogen) atoms. The van der Waals surface area contributed by atoms with Crippen molar-refractivity contribution >= 4 is 22.4 Å². The molecule has 1 atom stereocenters. The van der Waals surface area contributed by atoms with E-state index in [9.17, 15) is 4.79 Å². The first kappa shape index (κ1) is 17.0. The molecule has 0 bridgehead atoms. The Bertz CT molecular complexity index is 857. The molecule has 1 heterocycles. The van der Waals surface area contributed by atoms with Gasteiger partial charge in [-0.3, -0.25) is 4.79 Å². The number of fused-ring (bicyclic) bond motifs is 1. The average molecular weight is 338 g/mol. The summed E-state index contributed by atoms with van der Waals surface area (Å²) in [5.74, 6) is 0.738. The largest absolute Gasteiger partial charge is 0.489 e. The van der Waals surface area contributed by atoms with E-state index in [0.29, 0.717) is 24.5 Å². The summed E-state index contributed by atoms with van der Waals surface area (Å²) in [5, 5.41) is 4.20. The molecule has 0 radical (unpaired) electrons. The first-order chi connectivity index (χ1) is 12.2. The number of H-pyrrole nitrogens is 1. The fraction of sp³-hybridized carbons (Fsp3) is 0.250. The standard InChI is InChI=1S/C20H22N2O3/c1-14(20(23)16-13-21-17-8-4-3-7-15(16)17)22-18-9-5-6-10-19(18)25-12-11-24-2/h3-10,13-14,21-22H,11-12H2,1-2H3. The maximum absolute atomic E-state index is 12.9. The lowest BCUT2D eigenvalue weighted by atomic mass is 10.0. The number of hydrogen-bond acceptors (Lipinski definition) is 4. The van der Waals surface area contributed by atoms with Gasteiger partial charge in [-0.1, -0.05) is 30.3 Å². The highest BCUT2D eigenvalue weighted by Crippen LogP contribution is 2.26. The number of nitrogens with one attached hydrogen (secondary N) is 2. The van der Waals surface area contributed by atoms with Gasteiger partial charge in [0.05, 0.1) is 18.3 Å². The smallest absolute Gasteiger partial charge is 0.186 e. The van der Waals surface area contributed by atoms with Gasteiger partial charge in [-0.2, -0.15) is 0 Å². The van der Waals surface area contributed by atoms with Crippen LogP contribution in [0.3, 0.4) is 0 Å².